The van der Waals surface area contributed by atoms with Crippen molar-refractivity contribution in [3.63, 3.8) is 0 Å². The molecule has 148 valence electrons. The molecule has 5 nitrogen and oxygen atoms in total. The van der Waals surface area contributed by atoms with E-state index in [9.17, 15) is 4.79 Å². The second-order valence-corrected chi connectivity index (χ2v) is 9.58. The topological polar surface area (TPSA) is 55.3 Å². The molecular weight excluding hydrogens is 422 g/mol. The number of carbonyl (C=O) groups is 1. The highest BCUT2D eigenvalue weighted by molar-refractivity contribution is 7.22. The number of aromatic nitrogens is 2. The lowest BCUT2D eigenvalue weighted by Crippen LogP contribution is -2.38. The molecule has 1 aliphatic rings. The van der Waals surface area contributed by atoms with Gasteiger partial charge in [-0.1, -0.05) is 23.5 Å². The molecular formula is C21H19N3O2S3. The van der Waals surface area contributed by atoms with E-state index in [1.54, 1.807) is 38.9 Å². The molecule has 1 aliphatic heterocycles. The van der Waals surface area contributed by atoms with E-state index in [-0.39, 0.29) is 18.4 Å². The molecule has 0 radical (unpaired) electrons. The van der Waals surface area contributed by atoms with Gasteiger partial charge >= 0.3 is 0 Å². The molecule has 1 amide bonds. The molecule has 1 atom stereocenters. The number of hydrogen-bond acceptors (Lipinski definition) is 7. The van der Waals surface area contributed by atoms with Crippen molar-refractivity contribution in [2.45, 2.75) is 25.4 Å². The molecule has 0 aliphatic carbocycles. The summed E-state index contributed by atoms with van der Waals surface area (Å²) in [6, 6.07) is 10.0. The van der Waals surface area contributed by atoms with Gasteiger partial charge in [-0.25, -0.2) is 9.97 Å². The molecule has 1 aromatic carbocycles. The normalized spacial score (nSPS) is 16.5. The van der Waals surface area contributed by atoms with Gasteiger partial charge in [-0.05, 0) is 36.4 Å². The van der Waals surface area contributed by atoms with Crippen LogP contribution >= 0.6 is 34.0 Å². The summed E-state index contributed by atoms with van der Waals surface area (Å²) in [5.41, 5.74) is 2.84. The SMILES string of the molecule is O=C(Cc1csc(-c2ccsc2)n1)N(CC1CCCO1)c1nc2ccccc2s1. The van der Waals surface area contributed by atoms with Crippen molar-refractivity contribution in [1.29, 1.82) is 0 Å². The van der Waals surface area contributed by atoms with Crippen LogP contribution in [0.3, 0.4) is 0 Å². The summed E-state index contributed by atoms with van der Waals surface area (Å²) in [5, 5.41) is 7.79. The molecule has 1 fully saturated rings. The summed E-state index contributed by atoms with van der Waals surface area (Å²) < 4.78 is 6.89. The molecule has 3 aromatic heterocycles. The van der Waals surface area contributed by atoms with Crippen LogP contribution in [0, 0.1) is 0 Å². The van der Waals surface area contributed by atoms with Crippen molar-refractivity contribution in [2.24, 2.45) is 0 Å². The molecule has 4 heterocycles. The van der Waals surface area contributed by atoms with Crippen molar-refractivity contribution in [3.8, 4) is 10.6 Å². The standard InChI is InChI=1S/C21H19N3O2S3/c25-19(10-15-13-28-20(22-15)14-7-9-27-12-14)24(11-16-4-3-8-26-16)21-23-17-5-1-2-6-18(17)29-21/h1-2,5-7,9,12-13,16H,3-4,8,10-11H2. The van der Waals surface area contributed by atoms with E-state index in [1.807, 2.05) is 35.0 Å². The second kappa shape index (κ2) is 8.31. The van der Waals surface area contributed by atoms with E-state index in [1.165, 1.54) is 0 Å². The summed E-state index contributed by atoms with van der Waals surface area (Å²) in [6.07, 6.45) is 2.36. The number of benzene rings is 1. The molecule has 0 N–H and O–H groups in total. The van der Waals surface area contributed by atoms with Gasteiger partial charge in [-0.15, -0.1) is 11.3 Å². The Balaban J connectivity index is 1.39. The van der Waals surface area contributed by atoms with Gasteiger partial charge in [-0.2, -0.15) is 11.3 Å². The fourth-order valence-electron chi connectivity index (χ4n) is 3.41. The number of carbonyl (C=O) groups excluding carboxylic acids is 1. The third kappa shape index (κ3) is 4.11. The number of rotatable bonds is 6. The predicted molar refractivity (Wildman–Crippen MR) is 120 cm³/mol. The first-order valence-corrected chi connectivity index (χ1v) is 12.1. The van der Waals surface area contributed by atoms with Crippen LogP contribution in [0.2, 0.25) is 0 Å². The zero-order valence-corrected chi connectivity index (χ0v) is 18.1. The van der Waals surface area contributed by atoms with E-state index in [4.69, 9.17) is 9.72 Å². The average Bonchev–Trinajstić information content (AvgIpc) is 3.53. The molecule has 1 unspecified atom stereocenters. The Hall–Kier alpha value is -2.13. The first-order valence-electron chi connectivity index (χ1n) is 9.51. The van der Waals surface area contributed by atoms with Gasteiger partial charge in [-0.3, -0.25) is 9.69 Å². The maximum absolute atomic E-state index is 13.3. The van der Waals surface area contributed by atoms with Crippen LogP contribution in [0.4, 0.5) is 5.13 Å². The summed E-state index contributed by atoms with van der Waals surface area (Å²) in [4.78, 5) is 24.5. The highest BCUT2D eigenvalue weighted by Crippen LogP contribution is 2.31. The minimum atomic E-state index is 0.0155. The fourth-order valence-corrected chi connectivity index (χ4v) is 5.94. The Kier molecular flexibility index (Phi) is 5.41. The monoisotopic (exact) mass is 441 g/mol. The lowest BCUT2D eigenvalue weighted by atomic mass is 10.2. The number of para-hydroxylation sites is 1. The lowest BCUT2D eigenvalue weighted by molar-refractivity contribution is -0.118. The van der Waals surface area contributed by atoms with Gasteiger partial charge < -0.3 is 4.74 Å². The number of thiazole rings is 2. The number of nitrogens with zero attached hydrogens (tertiary/aromatic N) is 3. The van der Waals surface area contributed by atoms with Crippen molar-refractivity contribution >= 4 is 55.3 Å². The number of ether oxygens (including phenoxy) is 1. The Morgan fingerprint density at radius 3 is 2.93 bits per heavy atom. The fraction of sp³-hybridized carbons (Fsp3) is 0.286. The number of anilines is 1. The van der Waals surface area contributed by atoms with Crippen molar-refractivity contribution in [2.75, 3.05) is 18.1 Å². The van der Waals surface area contributed by atoms with Crippen molar-refractivity contribution in [3.05, 3.63) is 52.2 Å². The molecule has 8 heteroatoms. The minimum Gasteiger partial charge on any atom is -0.376 e. The van der Waals surface area contributed by atoms with Crippen molar-refractivity contribution in [1.82, 2.24) is 9.97 Å². The Morgan fingerprint density at radius 2 is 2.14 bits per heavy atom. The van der Waals surface area contributed by atoms with Crippen LogP contribution in [0.5, 0.6) is 0 Å². The van der Waals surface area contributed by atoms with E-state index < -0.39 is 0 Å². The molecule has 29 heavy (non-hydrogen) atoms. The van der Waals surface area contributed by atoms with Crippen LogP contribution in [-0.4, -0.2) is 35.1 Å². The van der Waals surface area contributed by atoms with Gasteiger partial charge in [0.15, 0.2) is 5.13 Å². The number of thiophene rings is 1. The third-order valence-electron chi connectivity index (χ3n) is 4.88. The maximum Gasteiger partial charge on any atom is 0.234 e. The summed E-state index contributed by atoms with van der Waals surface area (Å²) in [6.45, 7) is 1.31. The van der Waals surface area contributed by atoms with Gasteiger partial charge in [0.25, 0.3) is 0 Å². The van der Waals surface area contributed by atoms with Crippen LogP contribution in [0.25, 0.3) is 20.8 Å². The van der Waals surface area contributed by atoms with E-state index >= 15 is 0 Å². The summed E-state index contributed by atoms with van der Waals surface area (Å²) >= 11 is 4.78. The lowest BCUT2D eigenvalue weighted by Gasteiger charge is -2.22. The maximum atomic E-state index is 13.3. The van der Waals surface area contributed by atoms with E-state index in [0.29, 0.717) is 6.54 Å². The van der Waals surface area contributed by atoms with Crippen LogP contribution in [0.15, 0.2) is 46.5 Å². The number of amides is 1. The Morgan fingerprint density at radius 1 is 1.21 bits per heavy atom. The molecule has 5 rings (SSSR count). The smallest absolute Gasteiger partial charge is 0.234 e. The van der Waals surface area contributed by atoms with Gasteiger partial charge in [0.05, 0.1) is 35.0 Å². The molecule has 1 saturated heterocycles. The molecule has 0 spiro atoms. The van der Waals surface area contributed by atoms with E-state index in [2.05, 4.69) is 16.4 Å². The molecule has 4 aromatic rings. The Bertz CT molecular complexity index is 1080. The summed E-state index contributed by atoms with van der Waals surface area (Å²) in [5.74, 6) is 0.0155. The summed E-state index contributed by atoms with van der Waals surface area (Å²) in [7, 11) is 0. The molecule has 0 bridgehead atoms. The quantitative estimate of drug-likeness (QED) is 0.411. The van der Waals surface area contributed by atoms with Crippen LogP contribution in [0.1, 0.15) is 18.5 Å². The Labute approximate surface area is 180 Å². The number of fused-ring (bicyclic) bond motifs is 1. The second-order valence-electron chi connectivity index (χ2n) is 6.94. The van der Waals surface area contributed by atoms with Crippen molar-refractivity contribution < 1.29 is 9.53 Å². The largest absolute Gasteiger partial charge is 0.376 e. The minimum absolute atomic E-state index is 0.0155. The number of hydrogen-bond donors (Lipinski definition) is 0. The van der Waals surface area contributed by atoms with Crippen LogP contribution < -0.4 is 4.90 Å². The molecule has 0 saturated carbocycles. The van der Waals surface area contributed by atoms with Gasteiger partial charge in [0.1, 0.15) is 5.01 Å². The van der Waals surface area contributed by atoms with E-state index in [0.717, 1.165) is 51.1 Å². The van der Waals surface area contributed by atoms with Crippen LogP contribution in [-0.2, 0) is 16.0 Å². The zero-order valence-electron chi connectivity index (χ0n) is 15.6. The highest BCUT2D eigenvalue weighted by Gasteiger charge is 2.26. The van der Waals surface area contributed by atoms with Gasteiger partial charge in [0, 0.05) is 22.9 Å². The highest BCUT2D eigenvalue weighted by atomic mass is 32.1. The predicted octanol–water partition coefficient (Wildman–Crippen LogP) is 5.24. The third-order valence-corrected chi connectivity index (χ3v) is 7.56. The zero-order chi connectivity index (χ0) is 19.6. The first kappa shape index (κ1) is 18.9. The van der Waals surface area contributed by atoms with Gasteiger partial charge in [0.2, 0.25) is 5.91 Å². The average molecular weight is 442 g/mol. The first-order chi connectivity index (χ1) is 14.3.